The Morgan fingerprint density at radius 3 is 2.09 bits per heavy atom. The third-order valence-electron chi connectivity index (χ3n) is 3.20. The van der Waals surface area contributed by atoms with Crippen LogP contribution in [0.15, 0.2) is 79.1 Å². The minimum absolute atomic E-state index is 0.336. The number of nitrogens with zero attached hydrogens (tertiary/aromatic N) is 1. The summed E-state index contributed by atoms with van der Waals surface area (Å²) in [5.74, 6) is -1.33. The third kappa shape index (κ3) is 2.81. The van der Waals surface area contributed by atoms with E-state index in [1.54, 1.807) is 53.1 Å². The van der Waals surface area contributed by atoms with Gasteiger partial charge in [-0.05, 0) is 36.4 Å². The fraction of sp³-hybridized carbons (Fsp3) is 0. The van der Waals surface area contributed by atoms with Crippen LogP contribution in [0, 0.1) is 0 Å². The molecule has 1 aromatic heterocycles. The molecule has 0 amide bonds. The Balaban J connectivity index is 1.86. The fourth-order valence-electron chi connectivity index (χ4n) is 2.14. The Hall–Kier alpha value is -3.14. The predicted octanol–water partition coefficient (Wildman–Crippen LogP) is 3.47. The van der Waals surface area contributed by atoms with E-state index in [0.717, 1.165) is 0 Å². The first-order valence-corrected chi connectivity index (χ1v) is 6.79. The van der Waals surface area contributed by atoms with Crippen molar-refractivity contribution in [1.82, 2.24) is 4.57 Å². The van der Waals surface area contributed by atoms with E-state index in [1.807, 2.05) is 30.6 Å². The van der Waals surface area contributed by atoms with Gasteiger partial charge in [-0.1, -0.05) is 30.3 Å². The normalized spacial score (nSPS) is 10.2. The van der Waals surface area contributed by atoms with Gasteiger partial charge in [-0.25, -0.2) is 9.59 Å². The lowest BCUT2D eigenvalue weighted by Crippen LogP contribution is -2.14. The maximum Gasteiger partial charge on any atom is 0.348 e. The molecule has 0 radical (unpaired) electrons. The van der Waals surface area contributed by atoms with Crippen LogP contribution >= 0.6 is 0 Å². The molecule has 1 heterocycles. The number of aromatic nitrogens is 1. The summed E-state index contributed by atoms with van der Waals surface area (Å²) in [5.41, 5.74) is 1.34. The van der Waals surface area contributed by atoms with Crippen molar-refractivity contribution in [2.45, 2.75) is 0 Å². The average molecular weight is 291 g/mol. The number of benzene rings is 2. The van der Waals surface area contributed by atoms with Gasteiger partial charge in [0.25, 0.3) is 0 Å². The molecule has 0 saturated carbocycles. The first kappa shape index (κ1) is 13.8. The smallest absolute Gasteiger partial charge is 0.348 e. The molecule has 4 nitrogen and oxygen atoms in total. The van der Waals surface area contributed by atoms with Crippen molar-refractivity contribution in [2.75, 3.05) is 0 Å². The van der Waals surface area contributed by atoms with Gasteiger partial charge in [0.2, 0.25) is 0 Å². The van der Waals surface area contributed by atoms with Gasteiger partial charge in [-0.2, -0.15) is 0 Å². The summed E-state index contributed by atoms with van der Waals surface area (Å²) in [6.07, 6.45) is 3.65. The van der Waals surface area contributed by atoms with Gasteiger partial charge >= 0.3 is 11.9 Å². The second-order valence-corrected chi connectivity index (χ2v) is 4.65. The van der Waals surface area contributed by atoms with Gasteiger partial charge in [0.15, 0.2) is 0 Å². The molecular formula is C18H13NO3. The minimum Gasteiger partial charge on any atom is -0.386 e. The van der Waals surface area contributed by atoms with Crippen molar-refractivity contribution in [3.8, 4) is 5.69 Å². The minimum atomic E-state index is -0.668. The lowest BCUT2D eigenvalue weighted by molar-refractivity contribution is 0.0398. The number of ether oxygens (including phenoxy) is 1. The molecule has 0 saturated heterocycles. The first-order chi connectivity index (χ1) is 10.8. The number of carbonyl (C=O) groups is 2. The molecular weight excluding hydrogens is 278 g/mol. The van der Waals surface area contributed by atoms with Crippen molar-refractivity contribution in [3.05, 3.63) is 90.3 Å². The molecule has 4 heteroatoms. The summed E-state index contributed by atoms with van der Waals surface area (Å²) in [7, 11) is 0. The summed E-state index contributed by atoms with van der Waals surface area (Å²) < 4.78 is 6.77. The van der Waals surface area contributed by atoms with Gasteiger partial charge in [-0.15, -0.1) is 0 Å². The number of carbonyl (C=O) groups excluding carboxylic acids is 2. The van der Waals surface area contributed by atoms with E-state index in [2.05, 4.69) is 0 Å². The Morgan fingerprint density at radius 1 is 0.727 bits per heavy atom. The second kappa shape index (κ2) is 6.10. The average Bonchev–Trinajstić information content (AvgIpc) is 3.10. The Kier molecular flexibility index (Phi) is 3.83. The van der Waals surface area contributed by atoms with Crippen LogP contribution in [0.1, 0.15) is 20.7 Å². The van der Waals surface area contributed by atoms with Crippen LogP contribution in [0.4, 0.5) is 0 Å². The lowest BCUT2D eigenvalue weighted by atomic mass is 10.1. The van der Waals surface area contributed by atoms with Crippen LogP contribution < -0.4 is 0 Å². The zero-order valence-corrected chi connectivity index (χ0v) is 11.7. The molecule has 3 aromatic rings. The molecule has 0 aliphatic heterocycles. The Morgan fingerprint density at radius 2 is 1.36 bits per heavy atom. The molecule has 0 aliphatic carbocycles. The zero-order valence-electron chi connectivity index (χ0n) is 11.7. The van der Waals surface area contributed by atoms with E-state index >= 15 is 0 Å². The van der Waals surface area contributed by atoms with Crippen LogP contribution in [0.5, 0.6) is 0 Å². The van der Waals surface area contributed by atoms with Crippen LogP contribution in [0.25, 0.3) is 5.69 Å². The van der Waals surface area contributed by atoms with Crippen LogP contribution in [-0.4, -0.2) is 16.5 Å². The van der Waals surface area contributed by atoms with Crippen LogP contribution in [0.3, 0.4) is 0 Å². The van der Waals surface area contributed by atoms with E-state index in [9.17, 15) is 9.59 Å². The van der Waals surface area contributed by atoms with E-state index in [4.69, 9.17) is 4.74 Å². The summed E-state index contributed by atoms with van der Waals surface area (Å²) in [6.45, 7) is 0. The van der Waals surface area contributed by atoms with E-state index < -0.39 is 11.9 Å². The second-order valence-electron chi connectivity index (χ2n) is 4.65. The van der Waals surface area contributed by atoms with Crippen LogP contribution in [0.2, 0.25) is 0 Å². The molecule has 0 unspecified atom stereocenters. The van der Waals surface area contributed by atoms with E-state index in [1.165, 1.54) is 0 Å². The quantitative estimate of drug-likeness (QED) is 0.548. The topological polar surface area (TPSA) is 48.3 Å². The highest BCUT2D eigenvalue weighted by Crippen LogP contribution is 2.16. The highest BCUT2D eigenvalue weighted by molar-refractivity contribution is 6.04. The first-order valence-electron chi connectivity index (χ1n) is 6.79. The Labute approximate surface area is 127 Å². The molecule has 0 atom stereocenters. The lowest BCUT2D eigenvalue weighted by Gasteiger charge is -2.09. The Bertz CT molecular complexity index is 792. The van der Waals surface area contributed by atoms with Crippen molar-refractivity contribution >= 4 is 11.9 Å². The summed E-state index contributed by atoms with van der Waals surface area (Å²) in [4.78, 5) is 24.3. The highest BCUT2D eigenvalue weighted by atomic mass is 16.6. The SMILES string of the molecule is O=C(OC(=O)c1ccccc1-n1cccc1)c1ccccc1. The van der Waals surface area contributed by atoms with Gasteiger partial charge in [0.05, 0.1) is 16.8 Å². The highest BCUT2D eigenvalue weighted by Gasteiger charge is 2.18. The monoisotopic (exact) mass is 291 g/mol. The number of hydrogen-bond donors (Lipinski definition) is 0. The molecule has 0 bridgehead atoms. The number of rotatable bonds is 3. The zero-order chi connectivity index (χ0) is 15.4. The van der Waals surface area contributed by atoms with Gasteiger partial charge in [0, 0.05) is 12.4 Å². The van der Waals surface area contributed by atoms with Crippen LogP contribution in [-0.2, 0) is 4.74 Å². The van der Waals surface area contributed by atoms with Gasteiger partial charge < -0.3 is 9.30 Å². The largest absolute Gasteiger partial charge is 0.386 e. The molecule has 3 rings (SSSR count). The van der Waals surface area contributed by atoms with Gasteiger partial charge in [0.1, 0.15) is 0 Å². The van der Waals surface area contributed by atoms with E-state index in [0.29, 0.717) is 16.8 Å². The summed E-state index contributed by atoms with van der Waals surface area (Å²) >= 11 is 0. The molecule has 2 aromatic carbocycles. The molecule has 108 valence electrons. The standard InChI is InChI=1S/C18H13NO3/c20-17(14-8-2-1-3-9-14)22-18(21)15-10-4-5-11-16(15)19-12-6-7-13-19/h1-13H. The fourth-order valence-corrected chi connectivity index (χ4v) is 2.14. The molecule has 0 aliphatic rings. The van der Waals surface area contributed by atoms with Crippen molar-refractivity contribution in [3.63, 3.8) is 0 Å². The van der Waals surface area contributed by atoms with E-state index in [-0.39, 0.29) is 0 Å². The number of para-hydroxylation sites is 1. The maximum atomic E-state index is 12.3. The molecule has 0 spiro atoms. The van der Waals surface area contributed by atoms with Crippen molar-refractivity contribution < 1.29 is 14.3 Å². The summed E-state index contributed by atoms with van der Waals surface area (Å²) in [5, 5.41) is 0. The predicted molar refractivity (Wildman–Crippen MR) is 82.0 cm³/mol. The van der Waals surface area contributed by atoms with Crippen molar-refractivity contribution in [2.24, 2.45) is 0 Å². The van der Waals surface area contributed by atoms with Crippen molar-refractivity contribution in [1.29, 1.82) is 0 Å². The maximum absolute atomic E-state index is 12.3. The summed E-state index contributed by atoms with van der Waals surface area (Å²) in [6, 6.07) is 19.1. The molecule has 0 N–H and O–H groups in total. The number of hydrogen-bond acceptors (Lipinski definition) is 3. The third-order valence-corrected chi connectivity index (χ3v) is 3.20. The number of esters is 2. The van der Waals surface area contributed by atoms with Gasteiger partial charge in [-0.3, -0.25) is 0 Å². The molecule has 0 fully saturated rings. The molecule has 22 heavy (non-hydrogen) atoms.